The average molecular weight is 205 g/mol. The quantitative estimate of drug-likeness (QED) is 0.740. The van der Waals surface area contributed by atoms with Crippen LogP contribution in [0.4, 0.5) is 0 Å². The van der Waals surface area contributed by atoms with E-state index in [0.29, 0.717) is 0 Å². The molecule has 0 saturated heterocycles. The zero-order chi connectivity index (χ0) is 11.3. The van der Waals surface area contributed by atoms with Crippen LogP contribution < -0.4 is 5.32 Å². The first kappa shape index (κ1) is 11.8. The summed E-state index contributed by atoms with van der Waals surface area (Å²) >= 11 is 0. The van der Waals surface area contributed by atoms with Gasteiger partial charge in [-0.05, 0) is 13.3 Å². The van der Waals surface area contributed by atoms with Gasteiger partial charge in [0.2, 0.25) is 0 Å². The van der Waals surface area contributed by atoms with Crippen LogP contribution in [0.1, 0.15) is 31.0 Å². The van der Waals surface area contributed by atoms with Crippen molar-refractivity contribution in [2.45, 2.75) is 39.3 Å². The second kappa shape index (κ2) is 5.57. The van der Waals surface area contributed by atoms with E-state index in [2.05, 4.69) is 30.2 Å². The monoisotopic (exact) mass is 205 g/mol. The summed E-state index contributed by atoms with van der Waals surface area (Å²) in [6.07, 6.45) is 9.45. The molecular weight excluding hydrogens is 186 g/mol. The van der Waals surface area contributed by atoms with Gasteiger partial charge >= 0.3 is 0 Å². The minimum absolute atomic E-state index is 0.176. The van der Waals surface area contributed by atoms with Crippen LogP contribution in [0.25, 0.3) is 0 Å². The van der Waals surface area contributed by atoms with E-state index in [1.165, 1.54) is 11.3 Å². The van der Waals surface area contributed by atoms with E-state index in [1.807, 2.05) is 17.9 Å². The Balaban J connectivity index is 2.50. The standard InChI is InChI=1S/C12H19N3/c1-5-7-12(6-2)13-8-11-9-14-15(4)10(11)3/h2,9,12-13H,5,7-8H2,1,3-4H3. The maximum atomic E-state index is 5.43. The first-order chi connectivity index (χ1) is 7.19. The van der Waals surface area contributed by atoms with Crippen molar-refractivity contribution in [1.29, 1.82) is 0 Å². The molecule has 0 bridgehead atoms. The SMILES string of the molecule is C#CC(CCC)NCc1cnn(C)c1C. The van der Waals surface area contributed by atoms with Crippen molar-refractivity contribution in [2.24, 2.45) is 7.05 Å². The molecule has 0 aromatic carbocycles. The van der Waals surface area contributed by atoms with Crippen molar-refractivity contribution >= 4 is 0 Å². The summed E-state index contributed by atoms with van der Waals surface area (Å²) in [7, 11) is 1.95. The van der Waals surface area contributed by atoms with Crippen molar-refractivity contribution in [3.05, 3.63) is 17.5 Å². The van der Waals surface area contributed by atoms with Crippen LogP contribution in [-0.4, -0.2) is 15.8 Å². The molecular formula is C12H19N3. The van der Waals surface area contributed by atoms with E-state index in [4.69, 9.17) is 6.42 Å². The normalized spacial score (nSPS) is 12.4. The largest absolute Gasteiger partial charge is 0.299 e. The number of aryl methyl sites for hydroxylation is 1. The maximum Gasteiger partial charge on any atom is 0.0689 e. The van der Waals surface area contributed by atoms with Gasteiger partial charge in [-0.25, -0.2) is 0 Å². The summed E-state index contributed by atoms with van der Waals surface area (Å²) in [5.41, 5.74) is 2.41. The molecule has 0 saturated carbocycles. The van der Waals surface area contributed by atoms with Crippen LogP contribution in [0, 0.1) is 19.3 Å². The van der Waals surface area contributed by atoms with Gasteiger partial charge in [-0.2, -0.15) is 5.10 Å². The van der Waals surface area contributed by atoms with Crippen LogP contribution in [-0.2, 0) is 13.6 Å². The lowest BCUT2D eigenvalue weighted by Gasteiger charge is -2.11. The van der Waals surface area contributed by atoms with E-state index < -0.39 is 0 Å². The topological polar surface area (TPSA) is 29.9 Å². The zero-order valence-corrected chi connectivity index (χ0v) is 9.75. The van der Waals surface area contributed by atoms with Gasteiger partial charge in [0.05, 0.1) is 12.2 Å². The summed E-state index contributed by atoms with van der Waals surface area (Å²) in [6.45, 7) is 5.00. The highest BCUT2D eigenvalue weighted by Crippen LogP contribution is 2.06. The molecule has 0 aliphatic carbocycles. The predicted octanol–water partition coefficient (Wildman–Crippen LogP) is 1.62. The summed E-state index contributed by atoms with van der Waals surface area (Å²) in [4.78, 5) is 0. The van der Waals surface area contributed by atoms with Crippen LogP contribution in [0.3, 0.4) is 0 Å². The van der Waals surface area contributed by atoms with Crippen molar-refractivity contribution in [3.63, 3.8) is 0 Å². The molecule has 1 atom stereocenters. The summed E-state index contributed by atoms with van der Waals surface area (Å²) in [5, 5.41) is 7.54. The van der Waals surface area contributed by atoms with Gasteiger partial charge in [-0.3, -0.25) is 10.00 Å². The lowest BCUT2D eigenvalue weighted by molar-refractivity contribution is 0.561. The molecule has 3 heteroatoms. The number of aromatic nitrogens is 2. The van der Waals surface area contributed by atoms with Crippen LogP contribution >= 0.6 is 0 Å². The van der Waals surface area contributed by atoms with Crippen molar-refractivity contribution in [3.8, 4) is 12.3 Å². The smallest absolute Gasteiger partial charge is 0.0689 e. The van der Waals surface area contributed by atoms with Crippen LogP contribution in [0.5, 0.6) is 0 Å². The number of nitrogens with one attached hydrogen (secondary N) is 1. The van der Waals surface area contributed by atoms with E-state index in [9.17, 15) is 0 Å². The number of nitrogens with zero attached hydrogens (tertiary/aromatic N) is 2. The minimum atomic E-state index is 0.176. The van der Waals surface area contributed by atoms with Gasteiger partial charge in [0.1, 0.15) is 0 Å². The highest BCUT2D eigenvalue weighted by Gasteiger charge is 2.06. The molecule has 1 aromatic heterocycles. The molecule has 0 aliphatic heterocycles. The molecule has 0 spiro atoms. The number of hydrogen-bond acceptors (Lipinski definition) is 2. The summed E-state index contributed by atoms with van der Waals surface area (Å²) in [6, 6.07) is 0.176. The second-order valence-corrected chi connectivity index (χ2v) is 3.77. The molecule has 1 heterocycles. The Morgan fingerprint density at radius 2 is 2.40 bits per heavy atom. The minimum Gasteiger partial charge on any atom is -0.299 e. The molecule has 3 nitrogen and oxygen atoms in total. The second-order valence-electron chi connectivity index (χ2n) is 3.77. The third-order valence-corrected chi connectivity index (χ3v) is 2.65. The fourth-order valence-corrected chi connectivity index (χ4v) is 1.48. The zero-order valence-electron chi connectivity index (χ0n) is 9.75. The molecule has 82 valence electrons. The first-order valence-corrected chi connectivity index (χ1v) is 5.36. The highest BCUT2D eigenvalue weighted by molar-refractivity contribution is 5.16. The fraction of sp³-hybridized carbons (Fsp3) is 0.583. The van der Waals surface area contributed by atoms with Crippen molar-refractivity contribution in [2.75, 3.05) is 0 Å². The lowest BCUT2D eigenvalue weighted by Crippen LogP contribution is -2.26. The van der Waals surface area contributed by atoms with E-state index in [-0.39, 0.29) is 6.04 Å². The van der Waals surface area contributed by atoms with E-state index in [1.54, 1.807) is 0 Å². The van der Waals surface area contributed by atoms with Gasteiger partial charge in [0.15, 0.2) is 0 Å². The van der Waals surface area contributed by atoms with Crippen LogP contribution in [0.15, 0.2) is 6.20 Å². The van der Waals surface area contributed by atoms with Crippen molar-refractivity contribution < 1.29 is 0 Å². The molecule has 0 radical (unpaired) electrons. The fourth-order valence-electron chi connectivity index (χ4n) is 1.48. The van der Waals surface area contributed by atoms with E-state index in [0.717, 1.165) is 19.4 Å². The Labute approximate surface area is 91.9 Å². The molecule has 1 rings (SSSR count). The van der Waals surface area contributed by atoms with Gasteiger partial charge in [0.25, 0.3) is 0 Å². The number of rotatable bonds is 5. The summed E-state index contributed by atoms with van der Waals surface area (Å²) < 4.78 is 1.88. The maximum absolute atomic E-state index is 5.43. The van der Waals surface area contributed by atoms with Gasteiger partial charge in [-0.15, -0.1) is 6.42 Å². The molecule has 0 aliphatic rings. The van der Waals surface area contributed by atoms with Gasteiger partial charge in [-0.1, -0.05) is 19.3 Å². The molecule has 0 amide bonds. The highest BCUT2D eigenvalue weighted by atomic mass is 15.3. The Morgan fingerprint density at radius 1 is 1.67 bits per heavy atom. The molecule has 15 heavy (non-hydrogen) atoms. The number of hydrogen-bond donors (Lipinski definition) is 1. The molecule has 1 unspecified atom stereocenters. The molecule has 1 aromatic rings. The van der Waals surface area contributed by atoms with E-state index >= 15 is 0 Å². The molecule has 1 N–H and O–H groups in total. The Bertz CT molecular complexity index is 346. The van der Waals surface area contributed by atoms with Gasteiger partial charge < -0.3 is 0 Å². The first-order valence-electron chi connectivity index (χ1n) is 5.36. The van der Waals surface area contributed by atoms with Crippen molar-refractivity contribution in [1.82, 2.24) is 15.1 Å². The lowest BCUT2D eigenvalue weighted by atomic mass is 10.1. The van der Waals surface area contributed by atoms with Gasteiger partial charge in [0, 0.05) is 24.8 Å². The van der Waals surface area contributed by atoms with Crippen LogP contribution in [0.2, 0.25) is 0 Å². The Morgan fingerprint density at radius 3 is 2.87 bits per heavy atom. The Hall–Kier alpha value is -1.27. The summed E-state index contributed by atoms with van der Waals surface area (Å²) in [5.74, 6) is 2.76. The third kappa shape index (κ3) is 3.10. The Kier molecular flexibility index (Phi) is 4.38. The average Bonchev–Trinajstić information content (AvgIpc) is 2.55. The number of terminal acetylenes is 1. The third-order valence-electron chi connectivity index (χ3n) is 2.65. The molecule has 0 fully saturated rings. The predicted molar refractivity (Wildman–Crippen MR) is 62.3 cm³/mol.